The van der Waals surface area contributed by atoms with Gasteiger partial charge < -0.3 is 9.64 Å². The van der Waals surface area contributed by atoms with Gasteiger partial charge in [-0.1, -0.05) is 23.2 Å². The third-order valence-electron chi connectivity index (χ3n) is 4.29. The summed E-state index contributed by atoms with van der Waals surface area (Å²) in [5.41, 5.74) is -4.95. The first-order valence-electron chi connectivity index (χ1n) is 8.16. The fourth-order valence-electron chi connectivity index (χ4n) is 2.86. The van der Waals surface area contributed by atoms with E-state index in [4.69, 9.17) is 27.9 Å². The van der Waals surface area contributed by atoms with Crippen LogP contribution in [0.1, 0.15) is 24.8 Å². The standard InChI is InChI=1S/C16H13Cl2F6N3O/c17-9-4-5-10(11(18)8-9)12-25-14(15(19,20)21,16(22,23)24)26-13(28-12)27-6-2-1-3-7-27/h4-5,8H,1-3,6-7H2. The SMILES string of the molecule is FC(F)(F)C1(C(F)(F)F)N=C(c2ccc(Cl)cc2Cl)OC(N2CCCCC2)=N1. The summed E-state index contributed by atoms with van der Waals surface area (Å²) >= 11 is 11.7. The lowest BCUT2D eigenvalue weighted by Crippen LogP contribution is -2.58. The third-order valence-corrected chi connectivity index (χ3v) is 4.84. The Morgan fingerprint density at radius 1 is 0.929 bits per heavy atom. The Labute approximate surface area is 165 Å². The summed E-state index contributed by atoms with van der Waals surface area (Å²) in [6, 6.07) is 2.77. The van der Waals surface area contributed by atoms with Crippen LogP contribution in [0.25, 0.3) is 0 Å². The summed E-state index contributed by atoms with van der Waals surface area (Å²) < 4.78 is 87.0. The quantitative estimate of drug-likeness (QED) is 0.538. The minimum absolute atomic E-state index is 0.146. The van der Waals surface area contributed by atoms with E-state index >= 15 is 0 Å². The number of aliphatic imine (C=N–C) groups is 2. The number of hydrogen-bond acceptors (Lipinski definition) is 4. The van der Waals surface area contributed by atoms with Crippen molar-refractivity contribution in [2.45, 2.75) is 37.3 Å². The van der Waals surface area contributed by atoms with Crippen LogP contribution in [0.4, 0.5) is 26.3 Å². The normalized spacial score (nSPS) is 20.4. The zero-order chi connectivity index (χ0) is 20.7. The minimum Gasteiger partial charge on any atom is -0.406 e. The second kappa shape index (κ2) is 7.29. The van der Waals surface area contributed by atoms with Gasteiger partial charge in [0, 0.05) is 18.1 Å². The number of amidine groups is 1. The summed E-state index contributed by atoms with van der Waals surface area (Å²) in [7, 11) is 0. The predicted molar refractivity (Wildman–Crippen MR) is 91.8 cm³/mol. The molecule has 154 valence electrons. The summed E-state index contributed by atoms with van der Waals surface area (Å²) in [6.45, 7) is 0.429. The van der Waals surface area contributed by atoms with Crippen molar-refractivity contribution in [1.82, 2.24) is 4.90 Å². The van der Waals surface area contributed by atoms with Gasteiger partial charge in [-0.05, 0) is 37.5 Å². The summed E-state index contributed by atoms with van der Waals surface area (Å²) in [6.07, 6.45) is -9.72. The van der Waals surface area contributed by atoms with Gasteiger partial charge in [0.25, 0.3) is 6.02 Å². The molecule has 2 aliphatic heterocycles. The average Bonchev–Trinajstić information content (AvgIpc) is 2.60. The van der Waals surface area contributed by atoms with Gasteiger partial charge in [-0.3, -0.25) is 0 Å². The maximum atomic E-state index is 13.6. The van der Waals surface area contributed by atoms with Gasteiger partial charge in [-0.25, -0.2) is 4.99 Å². The molecule has 0 spiro atoms. The molecule has 0 aromatic heterocycles. The molecule has 0 radical (unpaired) electrons. The van der Waals surface area contributed by atoms with E-state index < -0.39 is 29.9 Å². The highest BCUT2D eigenvalue weighted by Gasteiger charge is 2.74. The van der Waals surface area contributed by atoms with Crippen LogP contribution < -0.4 is 0 Å². The van der Waals surface area contributed by atoms with E-state index in [1.807, 2.05) is 0 Å². The number of piperidine rings is 1. The van der Waals surface area contributed by atoms with Crippen LogP contribution in [0.15, 0.2) is 28.2 Å². The van der Waals surface area contributed by atoms with Crippen LogP contribution in [0.3, 0.4) is 0 Å². The fraction of sp³-hybridized carbons (Fsp3) is 0.500. The second-order valence-electron chi connectivity index (χ2n) is 6.25. The molecular weight excluding hydrogens is 435 g/mol. The number of ether oxygens (including phenoxy) is 1. The van der Waals surface area contributed by atoms with E-state index in [1.54, 1.807) is 0 Å². The maximum absolute atomic E-state index is 13.6. The Bertz CT molecular complexity index is 802. The van der Waals surface area contributed by atoms with Gasteiger partial charge in [0.15, 0.2) is 0 Å². The van der Waals surface area contributed by atoms with Crippen LogP contribution in [-0.2, 0) is 4.74 Å². The maximum Gasteiger partial charge on any atom is 0.443 e. The summed E-state index contributed by atoms with van der Waals surface area (Å²) in [5, 5.41) is -0.0580. The van der Waals surface area contributed by atoms with Crippen molar-refractivity contribution in [1.29, 1.82) is 0 Å². The fourth-order valence-corrected chi connectivity index (χ4v) is 3.34. The zero-order valence-corrected chi connectivity index (χ0v) is 15.6. The van der Waals surface area contributed by atoms with Crippen LogP contribution in [0.2, 0.25) is 10.0 Å². The Morgan fingerprint density at radius 3 is 2.07 bits per heavy atom. The molecule has 1 fully saturated rings. The van der Waals surface area contributed by atoms with E-state index in [9.17, 15) is 26.3 Å². The zero-order valence-electron chi connectivity index (χ0n) is 14.0. The highest BCUT2D eigenvalue weighted by molar-refractivity contribution is 6.37. The predicted octanol–water partition coefficient (Wildman–Crippen LogP) is 5.43. The highest BCUT2D eigenvalue weighted by Crippen LogP contribution is 2.49. The largest absolute Gasteiger partial charge is 0.443 e. The molecule has 28 heavy (non-hydrogen) atoms. The number of alkyl halides is 6. The van der Waals surface area contributed by atoms with Crippen molar-refractivity contribution in [3.05, 3.63) is 33.8 Å². The first-order valence-corrected chi connectivity index (χ1v) is 8.91. The molecule has 0 saturated carbocycles. The van der Waals surface area contributed by atoms with Gasteiger partial charge in [0.1, 0.15) is 0 Å². The van der Waals surface area contributed by atoms with Crippen LogP contribution in [-0.4, -0.2) is 47.9 Å². The van der Waals surface area contributed by atoms with E-state index in [2.05, 4.69) is 9.98 Å². The van der Waals surface area contributed by atoms with Crippen LogP contribution in [0.5, 0.6) is 0 Å². The summed E-state index contributed by atoms with van der Waals surface area (Å²) in [4.78, 5) is 7.02. The van der Waals surface area contributed by atoms with E-state index in [0.717, 1.165) is 12.5 Å². The molecule has 3 rings (SSSR count). The molecule has 2 heterocycles. The van der Waals surface area contributed by atoms with Crippen LogP contribution in [0, 0.1) is 0 Å². The van der Waals surface area contributed by atoms with Gasteiger partial charge in [-0.2, -0.15) is 31.3 Å². The molecule has 1 aromatic rings. The lowest BCUT2D eigenvalue weighted by molar-refractivity contribution is -0.293. The number of hydrogen-bond donors (Lipinski definition) is 0. The molecule has 0 bridgehead atoms. The molecule has 0 amide bonds. The van der Waals surface area contributed by atoms with E-state index in [-0.39, 0.29) is 28.7 Å². The smallest absolute Gasteiger partial charge is 0.406 e. The molecule has 1 aromatic carbocycles. The third kappa shape index (κ3) is 3.76. The monoisotopic (exact) mass is 447 g/mol. The number of benzene rings is 1. The molecule has 12 heteroatoms. The van der Waals surface area contributed by atoms with Crippen LogP contribution >= 0.6 is 23.2 Å². The van der Waals surface area contributed by atoms with Crippen molar-refractivity contribution in [2.24, 2.45) is 9.98 Å². The Hall–Kier alpha value is -1.68. The van der Waals surface area contributed by atoms with Gasteiger partial charge in [0.2, 0.25) is 5.90 Å². The van der Waals surface area contributed by atoms with Crippen molar-refractivity contribution >= 4 is 35.1 Å². The average molecular weight is 448 g/mol. The number of likely N-dealkylation sites (tertiary alicyclic amines) is 1. The van der Waals surface area contributed by atoms with E-state index in [1.165, 1.54) is 17.0 Å². The molecule has 0 unspecified atom stereocenters. The second-order valence-corrected chi connectivity index (χ2v) is 7.10. The molecule has 0 aliphatic carbocycles. The van der Waals surface area contributed by atoms with Gasteiger partial charge >= 0.3 is 18.0 Å². The lowest BCUT2D eigenvalue weighted by Gasteiger charge is -2.37. The molecule has 1 saturated heterocycles. The molecule has 4 nitrogen and oxygen atoms in total. The number of rotatable bonds is 1. The Kier molecular flexibility index (Phi) is 5.48. The van der Waals surface area contributed by atoms with Crippen molar-refractivity contribution in [2.75, 3.05) is 13.1 Å². The first kappa shape index (κ1) is 21.0. The number of nitrogens with zero attached hydrogens (tertiary/aromatic N) is 3. The van der Waals surface area contributed by atoms with Gasteiger partial charge in [0.05, 0.1) is 10.6 Å². The summed E-state index contributed by atoms with van der Waals surface area (Å²) in [5.74, 6) is -0.924. The molecular formula is C16H13Cl2F6N3O. The van der Waals surface area contributed by atoms with E-state index in [0.29, 0.717) is 12.8 Å². The van der Waals surface area contributed by atoms with Crippen molar-refractivity contribution in [3.63, 3.8) is 0 Å². The highest BCUT2D eigenvalue weighted by atomic mass is 35.5. The Morgan fingerprint density at radius 2 is 1.54 bits per heavy atom. The molecule has 0 N–H and O–H groups in total. The molecule has 0 atom stereocenters. The first-order chi connectivity index (χ1) is 12.9. The van der Waals surface area contributed by atoms with Gasteiger partial charge in [-0.15, -0.1) is 0 Å². The Balaban J connectivity index is 2.18. The molecule has 2 aliphatic rings. The van der Waals surface area contributed by atoms with Crippen molar-refractivity contribution in [3.8, 4) is 0 Å². The topological polar surface area (TPSA) is 37.2 Å². The minimum atomic E-state index is -5.85. The number of halogens is 8. The van der Waals surface area contributed by atoms with Crippen molar-refractivity contribution < 1.29 is 31.1 Å². The lowest BCUT2D eigenvalue weighted by atomic mass is 10.1.